The van der Waals surface area contributed by atoms with E-state index in [2.05, 4.69) is 138 Å². The second-order valence-corrected chi connectivity index (χ2v) is 21.0. The molecule has 0 radical (unpaired) electrons. The summed E-state index contributed by atoms with van der Waals surface area (Å²) in [5, 5.41) is 0. The first-order valence-electron chi connectivity index (χ1n) is 24.8. The highest BCUT2D eigenvalue weighted by molar-refractivity contribution is 5.88. The van der Waals surface area contributed by atoms with E-state index in [-0.39, 0.29) is 5.41 Å². The summed E-state index contributed by atoms with van der Waals surface area (Å²) in [4.78, 5) is 31.9. The van der Waals surface area contributed by atoms with E-state index in [0.29, 0.717) is 46.8 Å². The number of aromatic nitrogens is 6. The lowest BCUT2D eigenvalue weighted by atomic mass is 9.49. The van der Waals surface area contributed by atoms with E-state index < -0.39 is 5.41 Å². The maximum Gasteiger partial charge on any atom is 0.164 e. The maximum absolute atomic E-state index is 5.40. The first-order valence-corrected chi connectivity index (χ1v) is 24.8. The summed E-state index contributed by atoms with van der Waals surface area (Å²) in [7, 11) is 0. The lowest BCUT2D eigenvalue weighted by Gasteiger charge is -2.54. The van der Waals surface area contributed by atoms with Crippen LogP contribution in [0, 0.1) is 23.7 Å². The van der Waals surface area contributed by atoms with Gasteiger partial charge in [-0.2, -0.15) is 0 Å². The minimum atomic E-state index is -0.419. The number of hydrogen-bond donors (Lipinski definition) is 0. The molecule has 69 heavy (non-hydrogen) atoms. The van der Waals surface area contributed by atoms with Crippen molar-refractivity contribution in [3.05, 3.63) is 193 Å². The third-order valence-electron chi connectivity index (χ3n) is 15.4. The zero-order valence-corrected chi connectivity index (χ0v) is 40.1. The number of benzene rings is 7. The first-order chi connectivity index (χ1) is 33.6. The van der Waals surface area contributed by atoms with Gasteiger partial charge in [0, 0.05) is 38.8 Å². The van der Waals surface area contributed by atoms with Crippen LogP contribution in [0.2, 0.25) is 0 Å². The minimum absolute atomic E-state index is 0.0586. The van der Waals surface area contributed by atoms with Crippen molar-refractivity contribution in [3.63, 3.8) is 0 Å². The zero-order chi connectivity index (χ0) is 46.9. The molecule has 2 aromatic heterocycles. The fraction of sp³-hybridized carbons (Fsp3) is 0.238. The average Bonchev–Trinajstić information content (AvgIpc) is 3.68. The summed E-state index contributed by atoms with van der Waals surface area (Å²) < 4.78 is 0. The molecule has 0 N–H and O–H groups in total. The van der Waals surface area contributed by atoms with E-state index in [1.54, 1.807) is 0 Å². The van der Waals surface area contributed by atoms with E-state index in [4.69, 9.17) is 29.9 Å². The molecule has 1 spiro atoms. The molecule has 338 valence electrons. The van der Waals surface area contributed by atoms with Crippen LogP contribution in [0.25, 0.3) is 90.6 Å². The molecule has 6 heteroatoms. The topological polar surface area (TPSA) is 77.3 Å². The second-order valence-electron chi connectivity index (χ2n) is 21.0. The number of hydrogen-bond acceptors (Lipinski definition) is 6. The van der Waals surface area contributed by atoms with Crippen molar-refractivity contribution in [2.24, 2.45) is 23.7 Å². The molecule has 6 nitrogen and oxygen atoms in total. The highest BCUT2D eigenvalue weighted by atomic mass is 15.0. The predicted molar refractivity (Wildman–Crippen MR) is 280 cm³/mol. The lowest BCUT2D eigenvalue weighted by molar-refractivity contribution is 0.0426. The SMILES string of the molecule is CC1CC2CC(C)C3(c4ccccc4-c4ccc(-c5cc(-c6nc(-c7ccccc7)nc(-c7ccccc7)n6)c(C(C)(C)C)c(-c6nc(-c7ccccc7)nc(-c7ccccc7)n6)c5)cc43)C(C1)C2. The van der Waals surface area contributed by atoms with Crippen molar-refractivity contribution in [1.82, 2.24) is 29.9 Å². The Morgan fingerprint density at radius 2 is 0.812 bits per heavy atom. The summed E-state index contributed by atoms with van der Waals surface area (Å²) in [5.74, 6) is 6.28. The molecule has 9 aromatic rings. The zero-order valence-electron chi connectivity index (χ0n) is 40.1. The highest BCUT2D eigenvalue weighted by Gasteiger charge is 2.56. The van der Waals surface area contributed by atoms with E-state index in [1.165, 1.54) is 47.9 Å². The van der Waals surface area contributed by atoms with Crippen LogP contribution in [-0.2, 0) is 10.8 Å². The normalized spacial score (nSPS) is 20.4. The molecular formula is C63H56N6. The van der Waals surface area contributed by atoms with Crippen LogP contribution >= 0.6 is 0 Å². The van der Waals surface area contributed by atoms with E-state index >= 15 is 0 Å². The van der Waals surface area contributed by atoms with Crippen LogP contribution in [0.1, 0.15) is 77.0 Å². The van der Waals surface area contributed by atoms with Gasteiger partial charge in [-0.3, -0.25) is 0 Å². The van der Waals surface area contributed by atoms with Crippen molar-refractivity contribution >= 4 is 0 Å². The van der Waals surface area contributed by atoms with Crippen LogP contribution in [0.3, 0.4) is 0 Å². The molecule has 2 saturated carbocycles. The van der Waals surface area contributed by atoms with Gasteiger partial charge in [-0.15, -0.1) is 0 Å². The molecule has 2 heterocycles. The van der Waals surface area contributed by atoms with Crippen LogP contribution in [-0.4, -0.2) is 29.9 Å². The Bertz CT molecular complexity index is 3100. The van der Waals surface area contributed by atoms with Crippen LogP contribution in [0.15, 0.2) is 176 Å². The first kappa shape index (κ1) is 42.9. The summed E-state index contributed by atoms with van der Waals surface area (Å²) in [5.41, 5.74) is 14.1. The van der Waals surface area contributed by atoms with Gasteiger partial charge in [0.2, 0.25) is 0 Å². The molecule has 2 bridgehead atoms. The van der Waals surface area contributed by atoms with Crippen molar-refractivity contribution < 1.29 is 0 Å². The van der Waals surface area contributed by atoms with Gasteiger partial charge >= 0.3 is 0 Å². The summed E-state index contributed by atoms with van der Waals surface area (Å²) in [6.07, 6.45) is 5.16. The second kappa shape index (κ2) is 17.0. The van der Waals surface area contributed by atoms with E-state index in [0.717, 1.165) is 61.9 Å². The highest BCUT2D eigenvalue weighted by Crippen LogP contribution is 2.65. The monoisotopic (exact) mass is 896 g/mol. The molecular weight excluding hydrogens is 841 g/mol. The smallest absolute Gasteiger partial charge is 0.164 e. The fourth-order valence-corrected chi connectivity index (χ4v) is 12.7. The summed E-state index contributed by atoms with van der Waals surface area (Å²) >= 11 is 0. The van der Waals surface area contributed by atoms with E-state index in [1.807, 2.05) is 72.8 Å². The third-order valence-corrected chi connectivity index (χ3v) is 15.4. The Kier molecular flexibility index (Phi) is 10.5. The van der Waals surface area contributed by atoms with Crippen molar-refractivity contribution in [2.45, 2.75) is 71.1 Å². The fourth-order valence-electron chi connectivity index (χ4n) is 12.7. The molecule has 5 atom stereocenters. The Hall–Kier alpha value is -7.44. The van der Waals surface area contributed by atoms with Gasteiger partial charge in [0.05, 0.1) is 0 Å². The largest absolute Gasteiger partial charge is 0.208 e. The third kappa shape index (κ3) is 7.49. The number of rotatable bonds is 7. The van der Waals surface area contributed by atoms with Crippen LogP contribution in [0.4, 0.5) is 0 Å². The average molecular weight is 897 g/mol. The van der Waals surface area contributed by atoms with Crippen LogP contribution < -0.4 is 0 Å². The van der Waals surface area contributed by atoms with Gasteiger partial charge < -0.3 is 0 Å². The van der Waals surface area contributed by atoms with Gasteiger partial charge in [0.1, 0.15) is 0 Å². The summed E-state index contributed by atoms with van der Waals surface area (Å²) in [6, 6.07) is 62.3. The molecule has 0 saturated heterocycles. The molecule has 5 unspecified atom stereocenters. The van der Waals surface area contributed by atoms with Gasteiger partial charge in [-0.25, -0.2) is 29.9 Å². The Morgan fingerprint density at radius 1 is 0.377 bits per heavy atom. The Morgan fingerprint density at radius 3 is 1.29 bits per heavy atom. The minimum Gasteiger partial charge on any atom is -0.208 e. The quantitative estimate of drug-likeness (QED) is 0.159. The van der Waals surface area contributed by atoms with Crippen molar-refractivity contribution in [3.8, 4) is 90.6 Å². The van der Waals surface area contributed by atoms with Gasteiger partial charge in [0.25, 0.3) is 0 Å². The summed E-state index contributed by atoms with van der Waals surface area (Å²) in [6.45, 7) is 11.8. The van der Waals surface area contributed by atoms with Crippen molar-refractivity contribution in [2.75, 3.05) is 0 Å². The van der Waals surface area contributed by atoms with E-state index in [9.17, 15) is 0 Å². The molecule has 0 amide bonds. The van der Waals surface area contributed by atoms with Gasteiger partial charge in [-0.05, 0) is 112 Å². The molecule has 7 aromatic carbocycles. The Labute approximate surface area is 406 Å². The molecule has 0 aliphatic heterocycles. The number of nitrogens with zero attached hydrogens (tertiary/aromatic N) is 6. The number of fused-ring (bicyclic) bond motifs is 8. The van der Waals surface area contributed by atoms with Crippen molar-refractivity contribution in [1.29, 1.82) is 0 Å². The lowest BCUT2D eigenvalue weighted by Crippen LogP contribution is -2.49. The molecule has 12 rings (SSSR count). The molecule has 3 aliphatic rings. The predicted octanol–water partition coefficient (Wildman–Crippen LogP) is 15.4. The standard InChI is InChI=1S/C63H56N6/c1-39-32-41-34-40(2)63(48(33-39)35-41)53-29-19-18-28-49(53)50-31-30-46(38-54(50)63)47-36-51(60-66-56(42-20-10-6-11-21-42)64-57(67-60)43-22-12-7-13-23-43)55(62(3,4)5)52(37-47)61-68-58(44-24-14-8-15-25-44)65-59(69-61)45-26-16-9-17-27-45/h6-31,36-41,48H,32-35H2,1-5H3. The van der Waals surface area contributed by atoms with Gasteiger partial charge in [-0.1, -0.05) is 192 Å². The van der Waals surface area contributed by atoms with Gasteiger partial charge in [0.15, 0.2) is 34.9 Å². The Balaban J connectivity index is 1.16. The molecule has 3 aliphatic carbocycles. The van der Waals surface area contributed by atoms with Crippen LogP contribution in [0.5, 0.6) is 0 Å². The molecule has 2 fully saturated rings. The maximum atomic E-state index is 5.40.